The molecule has 6 nitrogen and oxygen atoms in total. The predicted molar refractivity (Wildman–Crippen MR) is 133 cm³/mol. The van der Waals surface area contributed by atoms with Gasteiger partial charge in [-0.05, 0) is 53.8 Å². The number of rotatable bonds is 7. The second-order valence-electron chi connectivity index (χ2n) is 9.35. The van der Waals surface area contributed by atoms with Crippen LogP contribution in [0.1, 0.15) is 36.2 Å². The van der Waals surface area contributed by atoms with Crippen molar-refractivity contribution < 1.29 is 9.53 Å². The summed E-state index contributed by atoms with van der Waals surface area (Å²) in [6, 6.07) is 10.3. The van der Waals surface area contributed by atoms with Crippen molar-refractivity contribution in [3.63, 3.8) is 0 Å². The fourth-order valence-electron chi connectivity index (χ4n) is 4.50. The fourth-order valence-corrected chi connectivity index (χ4v) is 4.78. The summed E-state index contributed by atoms with van der Waals surface area (Å²) in [6.45, 7) is 11.0. The van der Waals surface area contributed by atoms with Crippen molar-refractivity contribution in [1.82, 2.24) is 14.8 Å². The molecule has 2 aromatic rings. The van der Waals surface area contributed by atoms with Crippen molar-refractivity contribution in [1.29, 1.82) is 0 Å². The molecule has 0 spiro atoms. The number of anilines is 1. The fraction of sp³-hybridized carbons (Fsp3) is 0.462. The van der Waals surface area contributed by atoms with E-state index in [9.17, 15) is 4.79 Å². The Morgan fingerprint density at radius 2 is 2.15 bits per heavy atom. The van der Waals surface area contributed by atoms with Gasteiger partial charge in [0.2, 0.25) is 0 Å². The number of morpholine rings is 1. The van der Waals surface area contributed by atoms with Gasteiger partial charge in [-0.1, -0.05) is 43.7 Å². The highest BCUT2D eigenvalue weighted by molar-refractivity contribution is 6.29. The molecular weight excluding hydrogens is 436 g/mol. The van der Waals surface area contributed by atoms with Gasteiger partial charge in [0.1, 0.15) is 11.3 Å². The Morgan fingerprint density at radius 1 is 1.30 bits per heavy atom. The van der Waals surface area contributed by atoms with Crippen molar-refractivity contribution >= 4 is 29.3 Å². The molecule has 1 N–H and O–H groups in total. The van der Waals surface area contributed by atoms with Crippen LogP contribution in [-0.4, -0.2) is 59.6 Å². The number of nitrogens with one attached hydrogen (secondary N) is 1. The van der Waals surface area contributed by atoms with Crippen LogP contribution in [0.5, 0.6) is 0 Å². The van der Waals surface area contributed by atoms with Crippen molar-refractivity contribution in [2.24, 2.45) is 5.92 Å². The Morgan fingerprint density at radius 3 is 2.94 bits per heavy atom. The molecule has 1 amide bonds. The molecule has 4 rings (SSSR count). The molecule has 2 aliphatic rings. The van der Waals surface area contributed by atoms with E-state index in [1.54, 1.807) is 0 Å². The molecule has 3 heterocycles. The van der Waals surface area contributed by atoms with Crippen LogP contribution in [0.3, 0.4) is 0 Å². The van der Waals surface area contributed by atoms with E-state index in [2.05, 4.69) is 59.4 Å². The van der Waals surface area contributed by atoms with Crippen LogP contribution in [0.2, 0.25) is 5.15 Å². The molecule has 0 bridgehead atoms. The lowest BCUT2D eigenvalue weighted by Crippen LogP contribution is -2.51. The number of aromatic nitrogens is 1. The zero-order valence-electron chi connectivity index (χ0n) is 19.7. The smallest absolute Gasteiger partial charge is 0.253 e. The van der Waals surface area contributed by atoms with Gasteiger partial charge in [0, 0.05) is 50.6 Å². The third kappa shape index (κ3) is 6.34. The van der Waals surface area contributed by atoms with Crippen LogP contribution >= 0.6 is 11.6 Å². The van der Waals surface area contributed by atoms with Crippen LogP contribution in [0, 0.1) is 12.8 Å². The highest BCUT2D eigenvalue weighted by Crippen LogP contribution is 2.24. The number of nitrogens with zero attached hydrogens (tertiary/aromatic N) is 3. The average molecular weight is 469 g/mol. The highest BCUT2D eigenvalue weighted by Gasteiger charge is 2.31. The number of aryl methyl sites for hydroxylation is 1. The van der Waals surface area contributed by atoms with Gasteiger partial charge >= 0.3 is 0 Å². The zero-order chi connectivity index (χ0) is 23.4. The van der Waals surface area contributed by atoms with E-state index in [4.69, 9.17) is 16.3 Å². The second kappa shape index (κ2) is 10.7. The summed E-state index contributed by atoms with van der Waals surface area (Å²) in [6.07, 6.45) is 3.79. The number of amides is 1. The SMILES string of the molecule is Cc1cc(CN2CCOC(C(=O)N(Cc3ccc4c(c3)C=CCN4)CC(C)C)C2)cc(Cl)n1. The molecule has 0 aliphatic carbocycles. The molecule has 1 aromatic carbocycles. The average Bonchev–Trinajstić information content (AvgIpc) is 2.77. The number of fused-ring (bicyclic) bond motifs is 1. The van der Waals surface area contributed by atoms with Gasteiger partial charge in [-0.25, -0.2) is 4.98 Å². The quantitative estimate of drug-likeness (QED) is 0.611. The number of ether oxygens (including phenoxy) is 1. The number of benzene rings is 1. The first-order chi connectivity index (χ1) is 15.9. The molecule has 1 fully saturated rings. The number of carbonyl (C=O) groups excluding carboxylic acids is 1. The van der Waals surface area contributed by atoms with E-state index in [-0.39, 0.29) is 5.91 Å². The Labute approximate surface area is 201 Å². The maximum absolute atomic E-state index is 13.5. The predicted octanol–water partition coefficient (Wildman–Crippen LogP) is 4.37. The first-order valence-electron chi connectivity index (χ1n) is 11.7. The lowest BCUT2D eigenvalue weighted by Gasteiger charge is -2.35. The number of carbonyl (C=O) groups is 1. The summed E-state index contributed by atoms with van der Waals surface area (Å²) in [7, 11) is 0. The van der Waals surface area contributed by atoms with E-state index in [1.807, 2.05) is 24.0 Å². The molecule has 7 heteroatoms. The minimum absolute atomic E-state index is 0.0590. The summed E-state index contributed by atoms with van der Waals surface area (Å²) < 4.78 is 5.95. The maximum Gasteiger partial charge on any atom is 0.253 e. The van der Waals surface area contributed by atoms with Gasteiger partial charge < -0.3 is 15.0 Å². The number of hydrogen-bond donors (Lipinski definition) is 1. The summed E-state index contributed by atoms with van der Waals surface area (Å²) in [4.78, 5) is 22.0. The molecule has 0 radical (unpaired) electrons. The van der Waals surface area contributed by atoms with E-state index in [1.165, 1.54) is 5.56 Å². The second-order valence-corrected chi connectivity index (χ2v) is 9.74. The minimum Gasteiger partial charge on any atom is -0.381 e. The summed E-state index contributed by atoms with van der Waals surface area (Å²) in [5.74, 6) is 0.429. The maximum atomic E-state index is 13.5. The van der Waals surface area contributed by atoms with Gasteiger partial charge in [-0.2, -0.15) is 0 Å². The Balaban J connectivity index is 1.45. The normalized spacial score (nSPS) is 18.2. The number of halogens is 1. The largest absolute Gasteiger partial charge is 0.381 e. The van der Waals surface area contributed by atoms with Crippen molar-refractivity contribution in [2.75, 3.05) is 38.1 Å². The first kappa shape index (κ1) is 23.7. The molecule has 0 saturated carbocycles. The third-order valence-corrected chi connectivity index (χ3v) is 6.10. The van der Waals surface area contributed by atoms with E-state index >= 15 is 0 Å². The van der Waals surface area contributed by atoms with Gasteiger partial charge in [0.05, 0.1) is 6.61 Å². The van der Waals surface area contributed by atoms with E-state index in [0.717, 1.165) is 42.1 Å². The Hall–Kier alpha value is -2.41. The van der Waals surface area contributed by atoms with Gasteiger partial charge in [-0.15, -0.1) is 0 Å². The number of hydrogen-bond acceptors (Lipinski definition) is 5. The molecular formula is C26H33ClN4O2. The molecule has 1 saturated heterocycles. The first-order valence-corrected chi connectivity index (χ1v) is 12.0. The lowest BCUT2D eigenvalue weighted by molar-refractivity contribution is -0.151. The standard InChI is InChI=1S/C26H33ClN4O2/c1-18(2)14-31(16-20-6-7-23-22(12-20)5-4-8-28-23)26(32)24-17-30(9-10-33-24)15-21-11-19(3)29-25(27)13-21/h4-7,11-13,18,24,28H,8-10,14-17H2,1-3H3. The van der Waals surface area contributed by atoms with Crippen molar-refractivity contribution in [2.45, 2.75) is 40.0 Å². The topological polar surface area (TPSA) is 57.7 Å². The van der Waals surface area contributed by atoms with Crippen molar-refractivity contribution in [3.8, 4) is 0 Å². The molecule has 2 aliphatic heterocycles. The minimum atomic E-state index is -0.463. The molecule has 1 atom stereocenters. The van der Waals surface area contributed by atoms with Gasteiger partial charge in [0.15, 0.2) is 0 Å². The third-order valence-electron chi connectivity index (χ3n) is 5.91. The van der Waals surface area contributed by atoms with Gasteiger partial charge in [-0.3, -0.25) is 9.69 Å². The number of pyridine rings is 1. The van der Waals surface area contributed by atoms with Crippen molar-refractivity contribution in [3.05, 3.63) is 63.9 Å². The monoisotopic (exact) mass is 468 g/mol. The lowest BCUT2D eigenvalue weighted by atomic mass is 10.0. The van der Waals surface area contributed by atoms with Crippen LogP contribution in [0.4, 0.5) is 5.69 Å². The zero-order valence-corrected chi connectivity index (χ0v) is 20.4. The Bertz CT molecular complexity index is 1000. The van der Waals surface area contributed by atoms with Gasteiger partial charge in [0.25, 0.3) is 5.91 Å². The molecule has 176 valence electrons. The molecule has 33 heavy (non-hydrogen) atoms. The highest BCUT2D eigenvalue weighted by atomic mass is 35.5. The Kier molecular flexibility index (Phi) is 7.68. The van der Waals surface area contributed by atoms with Crippen LogP contribution in [-0.2, 0) is 22.6 Å². The van der Waals surface area contributed by atoms with E-state index < -0.39 is 6.10 Å². The van der Waals surface area contributed by atoms with E-state index in [0.29, 0.717) is 37.3 Å². The summed E-state index contributed by atoms with van der Waals surface area (Å²) in [5.41, 5.74) is 5.44. The van der Waals surface area contributed by atoms with Crippen LogP contribution in [0.15, 0.2) is 36.4 Å². The summed E-state index contributed by atoms with van der Waals surface area (Å²) in [5, 5.41) is 3.88. The summed E-state index contributed by atoms with van der Waals surface area (Å²) >= 11 is 6.13. The molecule has 1 aromatic heterocycles. The van der Waals surface area contributed by atoms with Crippen LogP contribution in [0.25, 0.3) is 6.08 Å². The molecule has 1 unspecified atom stereocenters. The van der Waals surface area contributed by atoms with Crippen LogP contribution < -0.4 is 5.32 Å².